The van der Waals surface area contributed by atoms with Crippen LogP contribution in [0.4, 0.5) is 32.0 Å². The van der Waals surface area contributed by atoms with Gasteiger partial charge >= 0.3 is 12.4 Å². The Balaban J connectivity index is 1.73. The Morgan fingerprint density at radius 3 is 1.97 bits per heavy atom. The van der Waals surface area contributed by atoms with E-state index >= 15 is 0 Å². The highest BCUT2D eigenvalue weighted by molar-refractivity contribution is 5.53. The number of alkyl halides is 6. The summed E-state index contributed by atoms with van der Waals surface area (Å²) in [5.41, 5.74) is -2.99. The molecule has 168 valence electrons. The number of halogens is 6. The molecule has 1 saturated carbocycles. The first-order valence-electron chi connectivity index (χ1n) is 10.3. The van der Waals surface area contributed by atoms with Crippen molar-refractivity contribution in [2.24, 2.45) is 0 Å². The van der Waals surface area contributed by atoms with Crippen LogP contribution in [0.15, 0.2) is 30.6 Å². The third kappa shape index (κ3) is 5.83. The maximum Gasteiger partial charge on any atom is 0.416 e. The molecule has 1 saturated heterocycles. The Labute approximate surface area is 172 Å². The molecule has 1 aromatic rings. The summed E-state index contributed by atoms with van der Waals surface area (Å²) in [5, 5.41) is 5.83. The van der Waals surface area contributed by atoms with Gasteiger partial charge in [-0.2, -0.15) is 26.3 Å². The predicted octanol–water partition coefficient (Wildman–Crippen LogP) is 5.99. The quantitative estimate of drug-likeness (QED) is 0.556. The van der Waals surface area contributed by atoms with E-state index in [2.05, 4.69) is 22.1 Å². The zero-order valence-electron chi connectivity index (χ0n) is 16.7. The van der Waals surface area contributed by atoms with E-state index in [1.54, 1.807) is 0 Å². The van der Waals surface area contributed by atoms with Crippen molar-refractivity contribution in [3.63, 3.8) is 0 Å². The summed E-state index contributed by atoms with van der Waals surface area (Å²) >= 11 is 0. The standard InChI is InChI=1S/C21H27F6N3/c1-14(29-18-7-3-4-8-19(18)30-9-5-2-6-10-30)28-17-12-15(20(22,23)24)11-16(13-17)21(25,26)27/h11-13,18-19,28-29H,1-10H2/t18-,19-/m1/s1. The van der Waals surface area contributed by atoms with Crippen molar-refractivity contribution in [1.29, 1.82) is 0 Å². The molecular weight excluding hydrogens is 408 g/mol. The van der Waals surface area contributed by atoms with E-state index in [0.717, 1.165) is 51.6 Å². The Bertz CT molecular complexity index is 705. The summed E-state index contributed by atoms with van der Waals surface area (Å²) in [6.45, 7) is 5.84. The van der Waals surface area contributed by atoms with Crippen LogP contribution in [0.5, 0.6) is 0 Å². The minimum Gasteiger partial charge on any atom is -0.368 e. The van der Waals surface area contributed by atoms with Gasteiger partial charge in [0.15, 0.2) is 0 Å². The highest BCUT2D eigenvalue weighted by Crippen LogP contribution is 2.37. The smallest absolute Gasteiger partial charge is 0.368 e. The molecule has 2 N–H and O–H groups in total. The Hall–Kier alpha value is -1.90. The van der Waals surface area contributed by atoms with Crippen LogP contribution >= 0.6 is 0 Å². The Morgan fingerprint density at radius 2 is 1.40 bits per heavy atom. The van der Waals surface area contributed by atoms with Crippen molar-refractivity contribution in [2.45, 2.75) is 69.4 Å². The molecule has 0 bridgehead atoms. The summed E-state index contributed by atoms with van der Waals surface area (Å²) in [6, 6.07) is 1.82. The van der Waals surface area contributed by atoms with Gasteiger partial charge in [0.05, 0.1) is 16.9 Å². The van der Waals surface area contributed by atoms with Crippen LogP contribution in [0.25, 0.3) is 0 Å². The maximum absolute atomic E-state index is 13.1. The molecule has 30 heavy (non-hydrogen) atoms. The van der Waals surface area contributed by atoms with Gasteiger partial charge in [0.1, 0.15) is 0 Å². The molecule has 0 unspecified atom stereocenters. The maximum atomic E-state index is 13.1. The van der Waals surface area contributed by atoms with Crippen LogP contribution < -0.4 is 10.6 Å². The monoisotopic (exact) mass is 435 g/mol. The molecule has 3 rings (SSSR count). The molecule has 1 heterocycles. The number of nitrogens with one attached hydrogen (secondary N) is 2. The van der Waals surface area contributed by atoms with Gasteiger partial charge in [-0.1, -0.05) is 25.8 Å². The topological polar surface area (TPSA) is 27.3 Å². The lowest BCUT2D eigenvalue weighted by atomic mass is 9.88. The molecule has 0 radical (unpaired) electrons. The van der Waals surface area contributed by atoms with Crippen LogP contribution in [0.1, 0.15) is 56.1 Å². The minimum absolute atomic E-state index is 0.0599. The number of piperidine rings is 1. The molecule has 2 fully saturated rings. The van der Waals surface area contributed by atoms with E-state index in [1.807, 2.05) is 0 Å². The van der Waals surface area contributed by atoms with E-state index in [1.165, 1.54) is 6.42 Å². The summed E-state index contributed by atoms with van der Waals surface area (Å²) in [7, 11) is 0. The first kappa shape index (κ1) is 22.8. The average molecular weight is 435 g/mol. The molecule has 0 aromatic heterocycles. The number of likely N-dealkylation sites (tertiary alicyclic amines) is 1. The van der Waals surface area contributed by atoms with Gasteiger partial charge in [0.2, 0.25) is 0 Å². The molecule has 2 atom stereocenters. The molecule has 9 heteroatoms. The van der Waals surface area contributed by atoms with Gasteiger partial charge in [-0.25, -0.2) is 0 Å². The minimum atomic E-state index is -4.88. The lowest BCUT2D eigenvalue weighted by Gasteiger charge is -2.42. The number of hydrogen-bond acceptors (Lipinski definition) is 3. The fourth-order valence-corrected chi connectivity index (χ4v) is 4.43. The molecule has 3 nitrogen and oxygen atoms in total. The van der Waals surface area contributed by atoms with Gasteiger partial charge in [0.25, 0.3) is 0 Å². The lowest BCUT2D eigenvalue weighted by molar-refractivity contribution is -0.143. The highest BCUT2D eigenvalue weighted by atomic mass is 19.4. The van der Waals surface area contributed by atoms with Crippen LogP contribution in [0.2, 0.25) is 0 Å². The first-order valence-corrected chi connectivity index (χ1v) is 10.3. The van der Waals surface area contributed by atoms with Crippen molar-refractivity contribution < 1.29 is 26.3 Å². The largest absolute Gasteiger partial charge is 0.416 e. The SMILES string of the molecule is C=C(Nc1cc(C(F)(F)F)cc(C(F)(F)F)c1)N[C@@H]1CCCC[C@H]1N1CCCCC1. The number of hydrogen-bond donors (Lipinski definition) is 2. The van der Waals surface area contributed by atoms with E-state index in [-0.39, 0.29) is 23.6 Å². The molecule has 1 aromatic carbocycles. The number of nitrogens with zero attached hydrogens (tertiary/aromatic N) is 1. The van der Waals surface area contributed by atoms with E-state index in [9.17, 15) is 26.3 Å². The molecular formula is C21H27F6N3. The molecule has 0 spiro atoms. The normalized spacial score (nSPS) is 23.8. The molecule has 1 aliphatic heterocycles. The summed E-state index contributed by atoms with van der Waals surface area (Å²) in [6.07, 6.45) is -2.21. The molecule has 0 amide bonds. The van der Waals surface area contributed by atoms with E-state index in [4.69, 9.17) is 0 Å². The van der Waals surface area contributed by atoms with Crippen LogP contribution in [-0.2, 0) is 12.4 Å². The summed E-state index contributed by atoms with van der Waals surface area (Å²) in [5.74, 6) is 0.205. The van der Waals surface area contributed by atoms with Gasteiger partial charge in [0, 0.05) is 17.8 Å². The summed E-state index contributed by atoms with van der Waals surface area (Å²) in [4.78, 5) is 2.44. The number of benzene rings is 1. The second kappa shape index (κ2) is 9.08. The fourth-order valence-electron chi connectivity index (χ4n) is 4.43. The zero-order chi connectivity index (χ0) is 21.9. The second-order valence-corrected chi connectivity index (χ2v) is 8.10. The van der Waals surface area contributed by atoms with Crippen molar-refractivity contribution >= 4 is 5.69 Å². The van der Waals surface area contributed by atoms with Gasteiger partial charge in [-0.15, -0.1) is 0 Å². The van der Waals surface area contributed by atoms with Crippen molar-refractivity contribution in [3.8, 4) is 0 Å². The van der Waals surface area contributed by atoms with Gasteiger partial charge in [-0.05, 0) is 57.0 Å². The average Bonchev–Trinajstić information content (AvgIpc) is 2.67. The van der Waals surface area contributed by atoms with E-state index < -0.39 is 23.5 Å². The van der Waals surface area contributed by atoms with Crippen LogP contribution in [0.3, 0.4) is 0 Å². The molecule has 1 aliphatic carbocycles. The first-order chi connectivity index (χ1) is 14.0. The summed E-state index contributed by atoms with van der Waals surface area (Å²) < 4.78 is 78.4. The van der Waals surface area contributed by atoms with Crippen LogP contribution in [-0.4, -0.2) is 30.1 Å². The van der Waals surface area contributed by atoms with Crippen LogP contribution in [0, 0.1) is 0 Å². The van der Waals surface area contributed by atoms with Crippen molar-refractivity contribution in [1.82, 2.24) is 10.2 Å². The van der Waals surface area contributed by atoms with Crippen molar-refractivity contribution in [2.75, 3.05) is 18.4 Å². The second-order valence-electron chi connectivity index (χ2n) is 8.10. The van der Waals surface area contributed by atoms with Gasteiger partial charge < -0.3 is 10.6 Å². The predicted molar refractivity (Wildman–Crippen MR) is 104 cm³/mol. The third-order valence-corrected chi connectivity index (χ3v) is 5.83. The Kier molecular flexibility index (Phi) is 6.89. The van der Waals surface area contributed by atoms with E-state index in [0.29, 0.717) is 18.2 Å². The molecule has 2 aliphatic rings. The third-order valence-electron chi connectivity index (χ3n) is 5.83. The lowest BCUT2D eigenvalue weighted by Crippen LogP contribution is -2.53. The van der Waals surface area contributed by atoms with Crippen molar-refractivity contribution in [3.05, 3.63) is 41.7 Å². The van der Waals surface area contributed by atoms with Gasteiger partial charge in [-0.3, -0.25) is 4.90 Å². The number of anilines is 1. The Morgan fingerprint density at radius 1 is 0.833 bits per heavy atom. The highest BCUT2D eigenvalue weighted by Gasteiger charge is 2.37. The fraction of sp³-hybridized carbons (Fsp3) is 0.619. The number of rotatable bonds is 5. The zero-order valence-corrected chi connectivity index (χ0v) is 16.7.